The van der Waals surface area contributed by atoms with Crippen LogP contribution < -0.4 is 4.90 Å². The van der Waals surface area contributed by atoms with E-state index in [1.807, 2.05) is 48.8 Å². The minimum Gasteiger partial charge on any atom is -0.478 e. The Morgan fingerprint density at radius 3 is 2.79 bits per heavy atom. The Morgan fingerprint density at radius 1 is 1.47 bits per heavy atom. The van der Waals surface area contributed by atoms with Crippen LogP contribution in [0.15, 0.2) is 30.6 Å². The van der Waals surface area contributed by atoms with Gasteiger partial charge in [0.25, 0.3) is 0 Å². The third kappa shape index (κ3) is 2.76. The highest BCUT2D eigenvalue weighted by Gasteiger charge is 2.14. The van der Waals surface area contributed by atoms with Crippen molar-refractivity contribution in [3.05, 3.63) is 47.5 Å². The van der Waals surface area contributed by atoms with Gasteiger partial charge in [-0.1, -0.05) is 11.6 Å². The van der Waals surface area contributed by atoms with E-state index in [0.717, 1.165) is 11.4 Å². The summed E-state index contributed by atoms with van der Waals surface area (Å²) in [6.07, 6.45) is 3.60. The molecule has 0 fully saturated rings. The number of carboxylic acids is 1. The molecule has 0 bridgehead atoms. The van der Waals surface area contributed by atoms with E-state index >= 15 is 0 Å². The molecule has 2 rings (SSSR count). The molecule has 2 aromatic rings. The first-order valence-corrected chi connectivity index (χ1v) is 6.00. The van der Waals surface area contributed by atoms with E-state index in [1.54, 1.807) is 12.3 Å². The average molecular weight is 259 g/mol. The van der Waals surface area contributed by atoms with Crippen LogP contribution in [0, 0.1) is 6.92 Å². The van der Waals surface area contributed by atoms with Crippen molar-refractivity contribution in [2.75, 3.05) is 11.9 Å². The lowest BCUT2D eigenvalue weighted by Crippen LogP contribution is -2.21. The van der Waals surface area contributed by atoms with E-state index in [2.05, 4.69) is 4.98 Å². The second-order valence-corrected chi connectivity index (χ2v) is 4.64. The van der Waals surface area contributed by atoms with Gasteiger partial charge in [0.15, 0.2) is 0 Å². The number of benzene rings is 1. The third-order valence-corrected chi connectivity index (χ3v) is 3.09. The summed E-state index contributed by atoms with van der Waals surface area (Å²) >= 11 is 0. The van der Waals surface area contributed by atoms with Crippen LogP contribution >= 0.6 is 0 Å². The van der Waals surface area contributed by atoms with Gasteiger partial charge in [0.05, 0.1) is 17.8 Å². The number of carboxylic acid groups (broad SMARTS) is 1. The second-order valence-electron chi connectivity index (χ2n) is 4.64. The zero-order chi connectivity index (χ0) is 14.0. The zero-order valence-corrected chi connectivity index (χ0v) is 11.3. The maximum Gasteiger partial charge on any atom is 0.337 e. The molecule has 0 aliphatic heterocycles. The fourth-order valence-electron chi connectivity index (χ4n) is 2.00. The molecule has 0 amide bonds. The number of carbonyl (C=O) groups is 1. The lowest BCUT2D eigenvalue weighted by atomic mass is 10.1. The molecule has 19 heavy (non-hydrogen) atoms. The Balaban J connectivity index is 2.31. The van der Waals surface area contributed by atoms with Crippen molar-refractivity contribution in [2.24, 2.45) is 7.05 Å². The Morgan fingerprint density at radius 2 is 2.21 bits per heavy atom. The van der Waals surface area contributed by atoms with E-state index < -0.39 is 5.97 Å². The summed E-state index contributed by atoms with van der Waals surface area (Å²) in [4.78, 5) is 17.4. The van der Waals surface area contributed by atoms with E-state index in [0.29, 0.717) is 17.8 Å². The highest BCUT2D eigenvalue weighted by molar-refractivity contribution is 5.94. The molecule has 0 saturated carbocycles. The molecule has 0 aliphatic carbocycles. The molecule has 0 unspecified atom stereocenters. The van der Waals surface area contributed by atoms with Crippen LogP contribution in [0.25, 0.3) is 0 Å². The lowest BCUT2D eigenvalue weighted by Gasteiger charge is -2.21. The summed E-state index contributed by atoms with van der Waals surface area (Å²) in [6.45, 7) is 2.45. The van der Waals surface area contributed by atoms with Crippen molar-refractivity contribution < 1.29 is 9.90 Å². The number of rotatable bonds is 4. The molecular formula is C14H17N3O2. The molecule has 1 N–H and O–H groups in total. The predicted octanol–water partition coefficient (Wildman–Crippen LogP) is 2.06. The van der Waals surface area contributed by atoms with Crippen molar-refractivity contribution in [2.45, 2.75) is 13.5 Å². The molecule has 0 atom stereocenters. The molecular weight excluding hydrogens is 242 g/mol. The summed E-state index contributed by atoms with van der Waals surface area (Å²) < 4.78 is 1.92. The van der Waals surface area contributed by atoms with E-state index in [4.69, 9.17) is 0 Å². The van der Waals surface area contributed by atoms with Gasteiger partial charge in [0.2, 0.25) is 0 Å². The van der Waals surface area contributed by atoms with Crippen LogP contribution in [0.3, 0.4) is 0 Å². The molecule has 0 aliphatic rings. The molecule has 0 spiro atoms. The number of aromatic nitrogens is 2. The minimum absolute atomic E-state index is 0.316. The Bertz CT molecular complexity index is 604. The van der Waals surface area contributed by atoms with Crippen molar-refractivity contribution in [1.29, 1.82) is 0 Å². The highest BCUT2D eigenvalue weighted by Crippen LogP contribution is 2.22. The van der Waals surface area contributed by atoms with Gasteiger partial charge in [-0.05, 0) is 19.1 Å². The van der Waals surface area contributed by atoms with Gasteiger partial charge in [0.1, 0.15) is 5.82 Å². The fourth-order valence-corrected chi connectivity index (χ4v) is 2.00. The number of anilines is 1. The Hall–Kier alpha value is -2.30. The molecule has 1 heterocycles. The SMILES string of the molecule is Cc1ccc(N(C)Cc2nccn2C)c(C(=O)O)c1. The fraction of sp³-hybridized carbons (Fsp3) is 0.286. The van der Waals surface area contributed by atoms with Crippen LogP contribution in [0.4, 0.5) is 5.69 Å². The van der Waals surface area contributed by atoms with Crippen molar-refractivity contribution >= 4 is 11.7 Å². The van der Waals surface area contributed by atoms with E-state index in [1.165, 1.54) is 0 Å². The molecule has 1 aromatic heterocycles. The molecule has 5 heteroatoms. The predicted molar refractivity (Wildman–Crippen MR) is 73.5 cm³/mol. The molecule has 0 saturated heterocycles. The van der Waals surface area contributed by atoms with Crippen LogP contribution in [-0.2, 0) is 13.6 Å². The number of aryl methyl sites for hydroxylation is 2. The van der Waals surface area contributed by atoms with Gasteiger partial charge in [-0.2, -0.15) is 0 Å². The Labute approximate surface area is 112 Å². The molecule has 1 aromatic carbocycles. The monoisotopic (exact) mass is 259 g/mol. The van der Waals surface area contributed by atoms with Crippen LogP contribution in [0.2, 0.25) is 0 Å². The second kappa shape index (κ2) is 5.14. The molecule has 100 valence electrons. The number of hydrogen-bond donors (Lipinski definition) is 1. The lowest BCUT2D eigenvalue weighted by molar-refractivity contribution is 0.0697. The first kappa shape index (κ1) is 13.1. The third-order valence-electron chi connectivity index (χ3n) is 3.09. The Kier molecular flexibility index (Phi) is 3.55. The van der Waals surface area contributed by atoms with Gasteiger partial charge < -0.3 is 14.6 Å². The van der Waals surface area contributed by atoms with Crippen molar-refractivity contribution in [3.8, 4) is 0 Å². The first-order valence-electron chi connectivity index (χ1n) is 6.00. The van der Waals surface area contributed by atoms with Crippen LogP contribution in [-0.4, -0.2) is 27.7 Å². The normalized spacial score (nSPS) is 10.5. The quantitative estimate of drug-likeness (QED) is 0.913. The van der Waals surface area contributed by atoms with E-state index in [9.17, 15) is 9.90 Å². The minimum atomic E-state index is -0.912. The molecule has 0 radical (unpaired) electrons. The number of imidazole rings is 1. The van der Waals surface area contributed by atoms with Gasteiger partial charge >= 0.3 is 5.97 Å². The number of aromatic carboxylic acids is 1. The summed E-state index contributed by atoms with van der Waals surface area (Å²) in [5.41, 5.74) is 1.95. The summed E-state index contributed by atoms with van der Waals surface area (Å²) in [5.74, 6) is -0.0233. The maximum absolute atomic E-state index is 11.3. The standard InChI is InChI=1S/C14H17N3O2/c1-10-4-5-12(11(8-10)14(18)19)17(3)9-13-15-6-7-16(13)2/h4-8H,9H2,1-3H3,(H,18,19). The smallest absolute Gasteiger partial charge is 0.337 e. The summed E-state index contributed by atoms with van der Waals surface area (Å²) in [7, 11) is 3.79. The summed E-state index contributed by atoms with van der Waals surface area (Å²) in [6, 6.07) is 5.44. The van der Waals surface area contributed by atoms with Gasteiger partial charge in [0, 0.05) is 26.5 Å². The average Bonchev–Trinajstić information content (AvgIpc) is 2.74. The van der Waals surface area contributed by atoms with Crippen molar-refractivity contribution in [1.82, 2.24) is 9.55 Å². The maximum atomic E-state index is 11.3. The number of hydrogen-bond acceptors (Lipinski definition) is 3. The summed E-state index contributed by atoms with van der Waals surface area (Å²) in [5, 5.41) is 9.27. The largest absolute Gasteiger partial charge is 0.478 e. The zero-order valence-electron chi connectivity index (χ0n) is 11.3. The topological polar surface area (TPSA) is 58.4 Å². The van der Waals surface area contributed by atoms with Gasteiger partial charge in [-0.25, -0.2) is 9.78 Å². The van der Waals surface area contributed by atoms with Crippen molar-refractivity contribution in [3.63, 3.8) is 0 Å². The van der Waals surface area contributed by atoms with E-state index in [-0.39, 0.29) is 0 Å². The first-order chi connectivity index (χ1) is 8.99. The van der Waals surface area contributed by atoms with Crippen LogP contribution in [0.5, 0.6) is 0 Å². The van der Waals surface area contributed by atoms with Gasteiger partial charge in [-0.3, -0.25) is 0 Å². The molecule has 5 nitrogen and oxygen atoms in total. The van der Waals surface area contributed by atoms with Gasteiger partial charge in [-0.15, -0.1) is 0 Å². The highest BCUT2D eigenvalue weighted by atomic mass is 16.4. The number of nitrogens with zero attached hydrogens (tertiary/aromatic N) is 3. The van der Waals surface area contributed by atoms with Crippen LogP contribution in [0.1, 0.15) is 21.7 Å².